The standard InChI is InChI=1S/C23H32FN3O2/c1-4-25-23(27-16-20-10-9-18(3)22(24)14-20)26-15-19-7-6-8-21(13-19)17-29-12-11-28-5-2/h6-10,13-14H,4-5,11-12,15-17H2,1-3H3,(H2,25,26,27). The van der Waals surface area contributed by atoms with Crippen molar-refractivity contribution in [1.82, 2.24) is 10.6 Å². The van der Waals surface area contributed by atoms with Crippen molar-refractivity contribution in [2.75, 3.05) is 26.4 Å². The number of benzene rings is 2. The number of halogens is 1. The van der Waals surface area contributed by atoms with Gasteiger partial charge in [0.2, 0.25) is 0 Å². The van der Waals surface area contributed by atoms with Crippen LogP contribution < -0.4 is 10.6 Å². The Bertz CT molecular complexity index is 780. The molecule has 0 unspecified atom stereocenters. The molecule has 2 aromatic rings. The van der Waals surface area contributed by atoms with Gasteiger partial charge in [0, 0.05) is 19.7 Å². The van der Waals surface area contributed by atoms with Crippen LogP contribution >= 0.6 is 0 Å². The van der Waals surface area contributed by atoms with Crippen LogP contribution in [0.5, 0.6) is 0 Å². The van der Waals surface area contributed by atoms with E-state index >= 15 is 0 Å². The topological polar surface area (TPSA) is 54.9 Å². The summed E-state index contributed by atoms with van der Waals surface area (Å²) < 4.78 is 24.6. The van der Waals surface area contributed by atoms with E-state index in [4.69, 9.17) is 9.47 Å². The summed E-state index contributed by atoms with van der Waals surface area (Å²) in [7, 11) is 0. The van der Waals surface area contributed by atoms with Crippen LogP contribution in [-0.2, 0) is 29.2 Å². The number of ether oxygens (including phenoxy) is 2. The monoisotopic (exact) mass is 401 g/mol. The fourth-order valence-corrected chi connectivity index (χ4v) is 2.71. The van der Waals surface area contributed by atoms with Gasteiger partial charge in [0.25, 0.3) is 0 Å². The molecule has 0 saturated carbocycles. The lowest BCUT2D eigenvalue weighted by atomic mass is 10.1. The molecule has 2 N–H and O–H groups in total. The molecule has 158 valence electrons. The molecular formula is C23H32FN3O2. The Hall–Kier alpha value is -2.44. The molecule has 29 heavy (non-hydrogen) atoms. The highest BCUT2D eigenvalue weighted by molar-refractivity contribution is 5.79. The summed E-state index contributed by atoms with van der Waals surface area (Å²) in [5.74, 6) is 0.512. The molecule has 5 nitrogen and oxygen atoms in total. The van der Waals surface area contributed by atoms with Crippen molar-refractivity contribution in [2.24, 2.45) is 4.99 Å². The molecule has 0 aliphatic heterocycles. The highest BCUT2D eigenvalue weighted by atomic mass is 19.1. The van der Waals surface area contributed by atoms with Gasteiger partial charge in [0.1, 0.15) is 5.82 Å². The third-order valence-electron chi connectivity index (χ3n) is 4.30. The van der Waals surface area contributed by atoms with E-state index in [1.807, 2.05) is 38.1 Å². The third-order valence-corrected chi connectivity index (χ3v) is 4.30. The molecule has 0 radical (unpaired) electrons. The normalized spacial score (nSPS) is 11.5. The van der Waals surface area contributed by atoms with Crippen molar-refractivity contribution in [3.63, 3.8) is 0 Å². The summed E-state index contributed by atoms with van der Waals surface area (Å²) in [4.78, 5) is 4.64. The number of guanidine groups is 1. The second-order valence-corrected chi connectivity index (χ2v) is 6.70. The van der Waals surface area contributed by atoms with E-state index in [-0.39, 0.29) is 5.82 Å². The summed E-state index contributed by atoms with van der Waals surface area (Å²) in [6.07, 6.45) is 0. The maximum Gasteiger partial charge on any atom is 0.191 e. The van der Waals surface area contributed by atoms with Gasteiger partial charge in [-0.1, -0.05) is 36.4 Å². The lowest BCUT2D eigenvalue weighted by Crippen LogP contribution is -2.36. The molecule has 0 saturated heterocycles. The van der Waals surface area contributed by atoms with E-state index in [0.717, 1.165) is 23.2 Å². The van der Waals surface area contributed by atoms with Crippen molar-refractivity contribution in [3.05, 3.63) is 70.5 Å². The molecule has 2 rings (SSSR count). The van der Waals surface area contributed by atoms with Crippen molar-refractivity contribution >= 4 is 5.96 Å². The van der Waals surface area contributed by atoms with Crippen molar-refractivity contribution < 1.29 is 13.9 Å². The van der Waals surface area contributed by atoms with Crippen LogP contribution in [0.1, 0.15) is 36.1 Å². The number of hydrogen-bond acceptors (Lipinski definition) is 3. The molecule has 0 aromatic heterocycles. The third kappa shape index (κ3) is 8.62. The lowest BCUT2D eigenvalue weighted by Gasteiger charge is -2.12. The Morgan fingerprint density at radius 1 is 0.966 bits per heavy atom. The average molecular weight is 402 g/mol. The van der Waals surface area contributed by atoms with E-state index in [9.17, 15) is 4.39 Å². The second-order valence-electron chi connectivity index (χ2n) is 6.70. The zero-order chi connectivity index (χ0) is 20.9. The highest BCUT2D eigenvalue weighted by Crippen LogP contribution is 2.10. The molecule has 0 heterocycles. The van der Waals surface area contributed by atoms with Gasteiger partial charge in [-0.15, -0.1) is 0 Å². The Labute approximate surface area is 173 Å². The van der Waals surface area contributed by atoms with Gasteiger partial charge >= 0.3 is 0 Å². The molecule has 2 aromatic carbocycles. The first-order valence-electron chi connectivity index (χ1n) is 10.1. The summed E-state index contributed by atoms with van der Waals surface area (Å²) in [6.45, 7) is 10.0. The highest BCUT2D eigenvalue weighted by Gasteiger charge is 2.03. The van der Waals surface area contributed by atoms with Crippen LogP contribution in [0.2, 0.25) is 0 Å². The van der Waals surface area contributed by atoms with Crippen LogP contribution in [-0.4, -0.2) is 32.3 Å². The Kier molecular flexibility index (Phi) is 10.2. The predicted molar refractivity (Wildman–Crippen MR) is 115 cm³/mol. The predicted octanol–water partition coefficient (Wildman–Crippen LogP) is 3.94. The Morgan fingerprint density at radius 3 is 2.52 bits per heavy atom. The van der Waals surface area contributed by atoms with E-state index in [1.54, 1.807) is 19.1 Å². The fourth-order valence-electron chi connectivity index (χ4n) is 2.71. The van der Waals surface area contributed by atoms with Crippen LogP contribution in [0.25, 0.3) is 0 Å². The molecule has 0 bridgehead atoms. The van der Waals surface area contributed by atoms with Gasteiger partial charge in [0.05, 0.1) is 26.4 Å². The molecule has 0 fully saturated rings. The number of aryl methyl sites for hydroxylation is 1. The summed E-state index contributed by atoms with van der Waals surface area (Å²) in [5, 5.41) is 6.48. The van der Waals surface area contributed by atoms with E-state index < -0.39 is 0 Å². The molecule has 0 aliphatic rings. The zero-order valence-electron chi connectivity index (χ0n) is 17.6. The van der Waals surface area contributed by atoms with Crippen molar-refractivity contribution in [1.29, 1.82) is 0 Å². The SMILES string of the molecule is CCNC(=NCc1cccc(COCCOCC)c1)NCc1ccc(C)c(F)c1. The smallest absolute Gasteiger partial charge is 0.191 e. The zero-order valence-corrected chi connectivity index (χ0v) is 17.6. The number of rotatable bonds is 11. The Balaban J connectivity index is 1.89. The van der Waals surface area contributed by atoms with E-state index in [1.165, 1.54) is 0 Å². The van der Waals surface area contributed by atoms with E-state index in [2.05, 4.69) is 21.7 Å². The molecule has 0 aliphatic carbocycles. The van der Waals surface area contributed by atoms with Gasteiger partial charge in [0.15, 0.2) is 5.96 Å². The van der Waals surface area contributed by atoms with Crippen LogP contribution in [0.15, 0.2) is 47.5 Å². The fraction of sp³-hybridized carbons (Fsp3) is 0.435. The molecular weight excluding hydrogens is 369 g/mol. The number of hydrogen-bond donors (Lipinski definition) is 2. The Morgan fingerprint density at radius 2 is 1.76 bits per heavy atom. The van der Waals surface area contributed by atoms with E-state index in [0.29, 0.717) is 51.0 Å². The van der Waals surface area contributed by atoms with Gasteiger partial charge < -0.3 is 20.1 Å². The lowest BCUT2D eigenvalue weighted by molar-refractivity contribution is 0.0453. The molecule has 6 heteroatoms. The van der Waals surface area contributed by atoms with Gasteiger partial charge in [-0.05, 0) is 49.1 Å². The van der Waals surface area contributed by atoms with Crippen LogP contribution in [0.3, 0.4) is 0 Å². The minimum Gasteiger partial charge on any atom is -0.379 e. The summed E-state index contributed by atoms with van der Waals surface area (Å²) >= 11 is 0. The second kappa shape index (κ2) is 12.9. The maximum atomic E-state index is 13.7. The number of nitrogens with one attached hydrogen (secondary N) is 2. The van der Waals surface area contributed by atoms with Crippen molar-refractivity contribution in [2.45, 2.75) is 40.5 Å². The first-order chi connectivity index (χ1) is 14.1. The quantitative estimate of drug-likeness (QED) is 0.340. The summed E-state index contributed by atoms with van der Waals surface area (Å²) in [5.41, 5.74) is 3.75. The summed E-state index contributed by atoms with van der Waals surface area (Å²) in [6, 6.07) is 13.5. The molecule has 0 amide bonds. The average Bonchev–Trinajstić information content (AvgIpc) is 2.72. The first-order valence-corrected chi connectivity index (χ1v) is 10.1. The number of nitrogens with zero attached hydrogens (tertiary/aromatic N) is 1. The van der Waals surface area contributed by atoms with Crippen molar-refractivity contribution in [3.8, 4) is 0 Å². The molecule has 0 atom stereocenters. The number of aliphatic imine (C=N–C) groups is 1. The maximum absolute atomic E-state index is 13.7. The first kappa shape index (κ1) is 22.8. The van der Waals surface area contributed by atoms with Gasteiger partial charge in [-0.25, -0.2) is 9.38 Å². The van der Waals surface area contributed by atoms with Crippen LogP contribution in [0.4, 0.5) is 4.39 Å². The minimum atomic E-state index is -0.188. The van der Waals surface area contributed by atoms with Gasteiger partial charge in [-0.3, -0.25) is 0 Å². The van der Waals surface area contributed by atoms with Crippen LogP contribution in [0, 0.1) is 12.7 Å². The minimum absolute atomic E-state index is 0.188. The van der Waals surface area contributed by atoms with Gasteiger partial charge in [-0.2, -0.15) is 0 Å². The molecule has 0 spiro atoms. The largest absolute Gasteiger partial charge is 0.379 e.